The Morgan fingerprint density at radius 3 is 2.62 bits per heavy atom. The zero-order valence-electron chi connectivity index (χ0n) is 19.7. The molecule has 0 radical (unpaired) electrons. The predicted molar refractivity (Wildman–Crippen MR) is 141 cm³/mol. The van der Waals surface area contributed by atoms with Crippen molar-refractivity contribution in [2.24, 2.45) is 10.7 Å². The van der Waals surface area contributed by atoms with Crippen molar-refractivity contribution in [2.75, 3.05) is 5.73 Å². The molecule has 0 aliphatic carbocycles. The molecule has 34 heavy (non-hydrogen) atoms. The number of nitrogen functional groups attached to an aromatic ring is 1. The van der Waals surface area contributed by atoms with Crippen LogP contribution in [0.5, 0.6) is 0 Å². The zero-order valence-corrected chi connectivity index (χ0v) is 19.7. The molecule has 4 rings (SSSR count). The first kappa shape index (κ1) is 23.0. The highest BCUT2D eigenvalue weighted by molar-refractivity contribution is 6.12. The summed E-state index contributed by atoms with van der Waals surface area (Å²) < 4.78 is 0. The lowest BCUT2D eigenvalue weighted by Crippen LogP contribution is -2.26. The van der Waals surface area contributed by atoms with Gasteiger partial charge in [0.05, 0.1) is 12.1 Å². The Labute approximate surface area is 199 Å². The molecular formula is C28H29N5O. The summed E-state index contributed by atoms with van der Waals surface area (Å²) in [6, 6.07) is 16.6. The van der Waals surface area contributed by atoms with Crippen LogP contribution in [-0.2, 0) is 17.9 Å². The predicted octanol–water partition coefficient (Wildman–Crippen LogP) is 4.63. The third-order valence-electron chi connectivity index (χ3n) is 6.15. The highest BCUT2D eigenvalue weighted by atomic mass is 16.1. The number of carbonyl (C=O) groups is 1. The number of rotatable bonds is 6. The number of carbonyl (C=O) groups excluding carboxylic acids is 1. The standard InChI is InChI=1S/C28H29N5O/c1-17-4-6-21-7-5-20(12-22(21)10-17)14-31-15-23(13-29)28(34)33-16-26-18(2)11-25-24(19(26)3)8-9-32-27(25)30/h4-13,15H,14,16,29H2,1-3H3,(H2,30,32)(H,33,34)/b23-13+,31-15?. The van der Waals surface area contributed by atoms with Gasteiger partial charge in [0, 0.05) is 30.5 Å². The molecule has 1 heterocycles. The van der Waals surface area contributed by atoms with Gasteiger partial charge in [-0.15, -0.1) is 0 Å². The van der Waals surface area contributed by atoms with Crippen LogP contribution >= 0.6 is 0 Å². The topological polar surface area (TPSA) is 106 Å². The van der Waals surface area contributed by atoms with Crippen LogP contribution in [0.1, 0.15) is 27.8 Å². The van der Waals surface area contributed by atoms with Gasteiger partial charge in [0.1, 0.15) is 5.82 Å². The van der Waals surface area contributed by atoms with E-state index in [0.29, 0.717) is 24.5 Å². The number of anilines is 1. The van der Waals surface area contributed by atoms with Gasteiger partial charge >= 0.3 is 0 Å². The third-order valence-corrected chi connectivity index (χ3v) is 6.15. The molecule has 172 valence electrons. The van der Waals surface area contributed by atoms with Crippen LogP contribution in [0.25, 0.3) is 21.5 Å². The van der Waals surface area contributed by atoms with Gasteiger partial charge < -0.3 is 16.8 Å². The van der Waals surface area contributed by atoms with Crippen molar-refractivity contribution in [3.8, 4) is 0 Å². The van der Waals surface area contributed by atoms with E-state index < -0.39 is 0 Å². The fraction of sp³-hybridized carbons (Fsp3) is 0.179. The van der Waals surface area contributed by atoms with E-state index in [9.17, 15) is 4.79 Å². The molecule has 0 unspecified atom stereocenters. The van der Waals surface area contributed by atoms with E-state index in [1.54, 1.807) is 6.20 Å². The molecule has 6 heteroatoms. The molecule has 6 nitrogen and oxygen atoms in total. The molecule has 0 saturated carbocycles. The maximum atomic E-state index is 12.8. The molecule has 0 aliphatic rings. The van der Waals surface area contributed by atoms with Crippen molar-refractivity contribution < 1.29 is 4.79 Å². The fourth-order valence-electron chi connectivity index (χ4n) is 4.21. The maximum Gasteiger partial charge on any atom is 0.254 e. The van der Waals surface area contributed by atoms with Gasteiger partial charge in [-0.3, -0.25) is 9.79 Å². The van der Waals surface area contributed by atoms with Crippen molar-refractivity contribution in [1.82, 2.24) is 10.3 Å². The van der Waals surface area contributed by atoms with E-state index in [0.717, 1.165) is 33.0 Å². The fourth-order valence-corrected chi connectivity index (χ4v) is 4.21. The molecule has 5 N–H and O–H groups in total. The second-order valence-corrected chi connectivity index (χ2v) is 8.55. The summed E-state index contributed by atoms with van der Waals surface area (Å²) in [6.45, 7) is 6.96. The quantitative estimate of drug-likeness (QED) is 0.294. The van der Waals surface area contributed by atoms with E-state index in [1.807, 2.05) is 26.0 Å². The van der Waals surface area contributed by atoms with Gasteiger partial charge in [-0.05, 0) is 77.4 Å². The van der Waals surface area contributed by atoms with E-state index >= 15 is 0 Å². The first-order valence-corrected chi connectivity index (χ1v) is 11.2. The molecule has 0 atom stereocenters. The average Bonchev–Trinajstić information content (AvgIpc) is 2.82. The summed E-state index contributed by atoms with van der Waals surface area (Å²) in [5.41, 5.74) is 17.5. The number of amides is 1. The second kappa shape index (κ2) is 9.75. The molecule has 0 bridgehead atoms. The Kier molecular flexibility index (Phi) is 6.59. The van der Waals surface area contributed by atoms with Crippen molar-refractivity contribution in [2.45, 2.75) is 33.9 Å². The lowest BCUT2D eigenvalue weighted by molar-refractivity contribution is -0.117. The van der Waals surface area contributed by atoms with Crippen LogP contribution in [0.2, 0.25) is 0 Å². The Morgan fingerprint density at radius 1 is 1.03 bits per heavy atom. The maximum absolute atomic E-state index is 12.8. The number of hydrogen-bond donors (Lipinski definition) is 3. The summed E-state index contributed by atoms with van der Waals surface area (Å²) in [5.74, 6) is 0.235. The molecule has 1 amide bonds. The number of aryl methyl sites for hydroxylation is 3. The number of hydrogen-bond acceptors (Lipinski definition) is 5. The van der Waals surface area contributed by atoms with Crippen molar-refractivity contribution in [1.29, 1.82) is 0 Å². The second-order valence-electron chi connectivity index (χ2n) is 8.55. The highest BCUT2D eigenvalue weighted by Crippen LogP contribution is 2.27. The third kappa shape index (κ3) is 4.76. The van der Waals surface area contributed by atoms with E-state index in [4.69, 9.17) is 11.5 Å². The minimum Gasteiger partial charge on any atom is -0.404 e. The summed E-state index contributed by atoms with van der Waals surface area (Å²) in [5, 5.41) is 7.29. The van der Waals surface area contributed by atoms with Gasteiger partial charge in [-0.2, -0.15) is 0 Å². The van der Waals surface area contributed by atoms with Gasteiger partial charge in [-0.1, -0.05) is 35.9 Å². The molecule has 0 saturated heterocycles. The Morgan fingerprint density at radius 2 is 1.82 bits per heavy atom. The largest absolute Gasteiger partial charge is 0.404 e. The first-order chi connectivity index (χ1) is 16.4. The summed E-state index contributed by atoms with van der Waals surface area (Å²) >= 11 is 0. The lowest BCUT2D eigenvalue weighted by Gasteiger charge is -2.15. The monoisotopic (exact) mass is 451 g/mol. The van der Waals surface area contributed by atoms with Crippen LogP contribution in [0, 0.1) is 20.8 Å². The molecule has 3 aromatic carbocycles. The molecule has 0 spiro atoms. The van der Waals surface area contributed by atoms with Crippen LogP contribution in [0.3, 0.4) is 0 Å². The van der Waals surface area contributed by atoms with Gasteiger partial charge in [0.15, 0.2) is 0 Å². The number of fused-ring (bicyclic) bond motifs is 2. The van der Waals surface area contributed by atoms with E-state index in [2.05, 4.69) is 58.6 Å². The lowest BCUT2D eigenvalue weighted by atomic mass is 9.96. The number of nitrogens with one attached hydrogen (secondary N) is 1. The minimum absolute atomic E-state index is 0.270. The van der Waals surface area contributed by atoms with Gasteiger partial charge in [0.2, 0.25) is 0 Å². The summed E-state index contributed by atoms with van der Waals surface area (Å²) in [4.78, 5) is 21.4. The van der Waals surface area contributed by atoms with Crippen molar-refractivity contribution in [3.63, 3.8) is 0 Å². The van der Waals surface area contributed by atoms with Crippen LogP contribution in [0.15, 0.2) is 71.5 Å². The molecule has 0 fully saturated rings. The Hall–Kier alpha value is -4.19. The van der Waals surface area contributed by atoms with E-state index in [1.165, 1.54) is 28.8 Å². The van der Waals surface area contributed by atoms with Crippen LogP contribution in [-0.4, -0.2) is 17.1 Å². The molecule has 0 aliphatic heterocycles. The number of aliphatic imine (C=N–C) groups is 1. The van der Waals surface area contributed by atoms with Crippen LogP contribution in [0.4, 0.5) is 5.82 Å². The summed E-state index contributed by atoms with van der Waals surface area (Å²) in [6.07, 6.45) is 4.52. The normalized spacial score (nSPS) is 12.0. The number of pyridine rings is 1. The molecule has 1 aromatic heterocycles. The minimum atomic E-state index is -0.270. The number of nitrogens with two attached hydrogens (primary N) is 2. The Bertz CT molecular complexity index is 1450. The van der Waals surface area contributed by atoms with Crippen molar-refractivity contribution in [3.05, 3.63) is 94.3 Å². The first-order valence-electron chi connectivity index (χ1n) is 11.2. The van der Waals surface area contributed by atoms with Crippen LogP contribution < -0.4 is 16.8 Å². The van der Waals surface area contributed by atoms with E-state index in [-0.39, 0.29) is 5.91 Å². The van der Waals surface area contributed by atoms with Crippen molar-refractivity contribution >= 4 is 39.5 Å². The highest BCUT2D eigenvalue weighted by Gasteiger charge is 2.12. The SMILES string of the molecule is Cc1ccc2ccc(CN=C/C(=C\N)C(=O)NCc3c(C)cc4c(N)nccc4c3C)cc2c1. The number of aromatic nitrogens is 1. The number of benzene rings is 3. The van der Waals surface area contributed by atoms with Gasteiger partial charge in [-0.25, -0.2) is 4.98 Å². The summed E-state index contributed by atoms with van der Waals surface area (Å²) in [7, 11) is 0. The average molecular weight is 452 g/mol. The zero-order chi connectivity index (χ0) is 24.2. The molecular weight excluding hydrogens is 422 g/mol. The smallest absolute Gasteiger partial charge is 0.254 e. The number of nitrogens with zero attached hydrogens (tertiary/aromatic N) is 2. The Balaban J connectivity index is 1.44. The molecule has 4 aromatic rings. The van der Waals surface area contributed by atoms with Gasteiger partial charge in [0.25, 0.3) is 5.91 Å².